The highest BCUT2D eigenvalue weighted by molar-refractivity contribution is 8.00. The van der Waals surface area contributed by atoms with Gasteiger partial charge < -0.3 is 10.4 Å². The van der Waals surface area contributed by atoms with Crippen LogP contribution in [-0.2, 0) is 4.79 Å². The molecule has 1 aromatic rings. The average molecular weight is 297 g/mol. The van der Waals surface area contributed by atoms with E-state index in [-0.39, 0.29) is 23.7 Å². The first-order valence-corrected chi connectivity index (χ1v) is 7.97. The molecule has 2 rings (SSSR count). The summed E-state index contributed by atoms with van der Waals surface area (Å²) < 4.78 is 12.7. The smallest absolute Gasteiger partial charge is 0.230 e. The summed E-state index contributed by atoms with van der Waals surface area (Å²) in [5.41, 5.74) is 0. The number of thioether (sulfide) groups is 1. The summed E-state index contributed by atoms with van der Waals surface area (Å²) in [5.74, 6) is 0.180. The third-order valence-electron chi connectivity index (χ3n) is 3.61. The number of amides is 1. The van der Waals surface area contributed by atoms with E-state index in [1.54, 1.807) is 12.1 Å². The van der Waals surface area contributed by atoms with E-state index in [9.17, 15) is 14.3 Å². The molecule has 2 unspecified atom stereocenters. The molecular formula is C15H20FNO2S. The number of hydrogen-bond acceptors (Lipinski definition) is 3. The van der Waals surface area contributed by atoms with Crippen LogP contribution >= 0.6 is 11.8 Å². The van der Waals surface area contributed by atoms with E-state index in [0.717, 1.165) is 30.6 Å². The lowest BCUT2D eigenvalue weighted by Crippen LogP contribution is -2.37. The van der Waals surface area contributed by atoms with Crippen LogP contribution in [0.5, 0.6) is 0 Å². The summed E-state index contributed by atoms with van der Waals surface area (Å²) in [5, 5.41) is 12.7. The van der Waals surface area contributed by atoms with Crippen molar-refractivity contribution in [1.82, 2.24) is 5.32 Å². The number of aliphatic hydroxyl groups is 1. The molecule has 0 saturated heterocycles. The van der Waals surface area contributed by atoms with Gasteiger partial charge in [-0.2, -0.15) is 0 Å². The SMILES string of the molecule is O=C(CSc1ccc(F)cc1)NCC1CCCCC1O. The molecule has 20 heavy (non-hydrogen) atoms. The number of hydrogen-bond donors (Lipinski definition) is 2. The van der Waals surface area contributed by atoms with E-state index in [2.05, 4.69) is 5.32 Å². The molecule has 1 saturated carbocycles. The lowest BCUT2D eigenvalue weighted by atomic mass is 9.86. The molecule has 1 aliphatic carbocycles. The summed E-state index contributed by atoms with van der Waals surface area (Å²) in [7, 11) is 0. The Balaban J connectivity index is 1.68. The highest BCUT2D eigenvalue weighted by Gasteiger charge is 2.23. The van der Waals surface area contributed by atoms with Crippen LogP contribution in [0.1, 0.15) is 25.7 Å². The maximum absolute atomic E-state index is 12.7. The van der Waals surface area contributed by atoms with Gasteiger partial charge in [0.15, 0.2) is 0 Å². The summed E-state index contributed by atoms with van der Waals surface area (Å²) in [6, 6.07) is 6.10. The van der Waals surface area contributed by atoms with Crippen LogP contribution in [0.3, 0.4) is 0 Å². The van der Waals surface area contributed by atoms with Gasteiger partial charge in [0.1, 0.15) is 5.82 Å². The molecule has 0 aromatic heterocycles. The number of aliphatic hydroxyl groups excluding tert-OH is 1. The minimum Gasteiger partial charge on any atom is -0.393 e. The monoisotopic (exact) mass is 297 g/mol. The average Bonchev–Trinajstić information content (AvgIpc) is 2.46. The Bertz CT molecular complexity index is 438. The van der Waals surface area contributed by atoms with Crippen LogP contribution < -0.4 is 5.32 Å². The molecule has 1 fully saturated rings. The first kappa shape index (κ1) is 15.3. The summed E-state index contributed by atoms with van der Waals surface area (Å²) in [4.78, 5) is 12.6. The summed E-state index contributed by atoms with van der Waals surface area (Å²) in [6.45, 7) is 0.546. The van der Waals surface area contributed by atoms with E-state index < -0.39 is 0 Å². The number of carbonyl (C=O) groups is 1. The summed E-state index contributed by atoms with van der Waals surface area (Å²) >= 11 is 1.38. The molecule has 0 radical (unpaired) electrons. The van der Waals surface area contributed by atoms with Crippen molar-refractivity contribution >= 4 is 17.7 Å². The van der Waals surface area contributed by atoms with Gasteiger partial charge in [0.25, 0.3) is 0 Å². The second-order valence-corrected chi connectivity index (χ2v) is 6.21. The zero-order chi connectivity index (χ0) is 14.4. The molecule has 3 nitrogen and oxygen atoms in total. The van der Waals surface area contributed by atoms with E-state index in [4.69, 9.17) is 0 Å². The minimum atomic E-state index is -0.284. The number of benzene rings is 1. The molecule has 2 atom stereocenters. The van der Waals surface area contributed by atoms with Crippen molar-refractivity contribution < 1.29 is 14.3 Å². The van der Waals surface area contributed by atoms with E-state index in [1.807, 2.05) is 0 Å². The number of nitrogens with one attached hydrogen (secondary N) is 1. The molecular weight excluding hydrogens is 277 g/mol. The fraction of sp³-hybridized carbons (Fsp3) is 0.533. The fourth-order valence-corrected chi connectivity index (χ4v) is 3.13. The van der Waals surface area contributed by atoms with Crippen molar-refractivity contribution in [2.45, 2.75) is 36.7 Å². The molecule has 1 amide bonds. The molecule has 1 aliphatic rings. The van der Waals surface area contributed by atoms with Crippen molar-refractivity contribution in [3.63, 3.8) is 0 Å². The van der Waals surface area contributed by atoms with Crippen molar-refractivity contribution in [2.75, 3.05) is 12.3 Å². The molecule has 110 valence electrons. The standard InChI is InChI=1S/C15H20FNO2S/c16-12-5-7-13(8-6-12)20-10-15(19)17-9-11-3-1-2-4-14(11)18/h5-8,11,14,18H,1-4,9-10H2,(H,17,19). The summed E-state index contributed by atoms with van der Waals surface area (Å²) in [6.07, 6.45) is 3.74. The Hall–Kier alpha value is -1.07. The number of carbonyl (C=O) groups excluding carboxylic acids is 1. The van der Waals surface area contributed by atoms with Gasteiger partial charge in [-0.05, 0) is 37.1 Å². The maximum atomic E-state index is 12.7. The predicted octanol–water partition coefficient (Wildman–Crippen LogP) is 2.59. The lowest BCUT2D eigenvalue weighted by Gasteiger charge is -2.27. The first-order valence-electron chi connectivity index (χ1n) is 6.98. The fourth-order valence-electron chi connectivity index (χ4n) is 2.40. The first-order chi connectivity index (χ1) is 9.65. The second-order valence-electron chi connectivity index (χ2n) is 5.16. The van der Waals surface area contributed by atoms with Gasteiger partial charge in [-0.1, -0.05) is 12.8 Å². The van der Waals surface area contributed by atoms with Gasteiger partial charge in [0, 0.05) is 17.4 Å². The van der Waals surface area contributed by atoms with Gasteiger partial charge in [-0.25, -0.2) is 4.39 Å². The van der Waals surface area contributed by atoms with Gasteiger partial charge in [0.05, 0.1) is 11.9 Å². The second kappa shape index (κ2) is 7.64. The van der Waals surface area contributed by atoms with Crippen LogP contribution in [0.4, 0.5) is 4.39 Å². The minimum absolute atomic E-state index is 0.0444. The molecule has 0 aliphatic heterocycles. The molecule has 5 heteroatoms. The largest absolute Gasteiger partial charge is 0.393 e. The zero-order valence-corrected chi connectivity index (χ0v) is 12.2. The normalized spacial score (nSPS) is 22.5. The Morgan fingerprint density at radius 3 is 2.70 bits per heavy atom. The van der Waals surface area contributed by atoms with Gasteiger partial charge >= 0.3 is 0 Å². The Morgan fingerprint density at radius 2 is 2.00 bits per heavy atom. The van der Waals surface area contributed by atoms with Gasteiger partial charge in [-0.15, -0.1) is 11.8 Å². The van der Waals surface area contributed by atoms with E-state index >= 15 is 0 Å². The van der Waals surface area contributed by atoms with Crippen LogP contribution in [0.25, 0.3) is 0 Å². The number of rotatable bonds is 5. The predicted molar refractivity (Wildman–Crippen MR) is 78.1 cm³/mol. The third-order valence-corrected chi connectivity index (χ3v) is 4.63. The molecule has 0 heterocycles. The lowest BCUT2D eigenvalue weighted by molar-refractivity contribution is -0.119. The van der Waals surface area contributed by atoms with Crippen molar-refractivity contribution in [1.29, 1.82) is 0 Å². The highest BCUT2D eigenvalue weighted by atomic mass is 32.2. The molecule has 2 N–H and O–H groups in total. The van der Waals surface area contributed by atoms with Crippen molar-refractivity contribution in [2.24, 2.45) is 5.92 Å². The molecule has 0 bridgehead atoms. The maximum Gasteiger partial charge on any atom is 0.230 e. The van der Waals surface area contributed by atoms with Crippen LogP contribution in [0.2, 0.25) is 0 Å². The van der Waals surface area contributed by atoms with Crippen molar-refractivity contribution in [3.05, 3.63) is 30.1 Å². The number of halogens is 1. The highest BCUT2D eigenvalue weighted by Crippen LogP contribution is 2.23. The Kier molecular flexibility index (Phi) is 5.86. The van der Waals surface area contributed by atoms with Crippen LogP contribution in [0.15, 0.2) is 29.2 Å². The van der Waals surface area contributed by atoms with Crippen molar-refractivity contribution in [3.8, 4) is 0 Å². The van der Waals surface area contributed by atoms with Crippen LogP contribution in [-0.4, -0.2) is 29.4 Å². The van der Waals surface area contributed by atoms with E-state index in [1.165, 1.54) is 23.9 Å². The molecule has 0 spiro atoms. The Labute approximate surface area is 123 Å². The molecule has 1 aromatic carbocycles. The van der Waals surface area contributed by atoms with Gasteiger partial charge in [-0.3, -0.25) is 4.79 Å². The quantitative estimate of drug-likeness (QED) is 0.821. The topological polar surface area (TPSA) is 49.3 Å². The Morgan fingerprint density at radius 1 is 1.30 bits per heavy atom. The zero-order valence-electron chi connectivity index (χ0n) is 11.3. The van der Waals surface area contributed by atoms with E-state index in [0.29, 0.717) is 12.3 Å². The van der Waals surface area contributed by atoms with Crippen LogP contribution in [0, 0.1) is 11.7 Å². The van der Waals surface area contributed by atoms with Gasteiger partial charge in [0.2, 0.25) is 5.91 Å². The third kappa shape index (κ3) is 4.80.